The van der Waals surface area contributed by atoms with Crippen LogP contribution in [-0.4, -0.2) is 66.8 Å². The zero-order chi connectivity index (χ0) is 17.7. The van der Waals surface area contributed by atoms with Crippen LogP contribution in [0, 0.1) is 5.92 Å². The van der Waals surface area contributed by atoms with Crippen LogP contribution in [0.1, 0.15) is 59.8 Å². The molecule has 1 aliphatic heterocycles. The van der Waals surface area contributed by atoms with Crippen molar-refractivity contribution in [1.29, 1.82) is 0 Å². The quantitative estimate of drug-likeness (QED) is 0.808. The summed E-state index contributed by atoms with van der Waals surface area (Å²) in [6.45, 7) is 12.1. The van der Waals surface area contributed by atoms with E-state index >= 15 is 0 Å². The number of carbonyl (C=O) groups is 1. The van der Waals surface area contributed by atoms with Gasteiger partial charge in [-0.15, -0.1) is 0 Å². The maximum absolute atomic E-state index is 12.6. The molecule has 0 aromatic heterocycles. The molecule has 140 valence electrons. The number of hydrogen-bond acceptors (Lipinski definition) is 4. The Labute approximate surface area is 148 Å². The molecule has 0 bridgehead atoms. The van der Waals surface area contributed by atoms with Gasteiger partial charge in [-0.25, -0.2) is 4.79 Å². The summed E-state index contributed by atoms with van der Waals surface area (Å²) in [5, 5.41) is 3.76. The first-order valence-electron chi connectivity index (χ1n) is 9.73. The molecule has 0 radical (unpaired) electrons. The van der Waals surface area contributed by atoms with Crippen molar-refractivity contribution in [2.75, 3.05) is 33.2 Å². The Morgan fingerprint density at radius 1 is 1.25 bits per heavy atom. The van der Waals surface area contributed by atoms with Crippen molar-refractivity contribution in [3.63, 3.8) is 0 Å². The molecular weight excluding hydrogens is 302 g/mol. The van der Waals surface area contributed by atoms with Crippen molar-refractivity contribution in [3.8, 4) is 0 Å². The summed E-state index contributed by atoms with van der Waals surface area (Å²) in [6, 6.07) is 0.895. The summed E-state index contributed by atoms with van der Waals surface area (Å²) in [6.07, 6.45) is 5.83. The van der Waals surface area contributed by atoms with Gasteiger partial charge in [0.1, 0.15) is 5.60 Å². The summed E-state index contributed by atoms with van der Waals surface area (Å²) in [7, 11) is 2.16. The third kappa shape index (κ3) is 5.35. The second-order valence-electron chi connectivity index (χ2n) is 8.43. The maximum Gasteiger partial charge on any atom is 0.410 e. The van der Waals surface area contributed by atoms with E-state index in [4.69, 9.17) is 4.74 Å². The number of nitrogens with zero attached hydrogens (tertiary/aromatic N) is 2. The Morgan fingerprint density at radius 3 is 2.67 bits per heavy atom. The highest BCUT2D eigenvalue weighted by molar-refractivity contribution is 5.69. The van der Waals surface area contributed by atoms with E-state index in [0.29, 0.717) is 18.0 Å². The highest BCUT2D eigenvalue weighted by Crippen LogP contribution is 2.36. The number of amides is 1. The summed E-state index contributed by atoms with van der Waals surface area (Å²) < 4.78 is 5.63. The maximum atomic E-state index is 12.6. The van der Waals surface area contributed by atoms with Gasteiger partial charge in [-0.2, -0.15) is 0 Å². The normalized spacial score (nSPS) is 27.9. The smallest absolute Gasteiger partial charge is 0.410 e. The predicted molar refractivity (Wildman–Crippen MR) is 98.3 cm³/mol. The van der Waals surface area contributed by atoms with Gasteiger partial charge in [0.2, 0.25) is 0 Å². The van der Waals surface area contributed by atoms with Crippen molar-refractivity contribution in [3.05, 3.63) is 0 Å². The zero-order valence-corrected chi connectivity index (χ0v) is 16.3. The number of nitrogens with one attached hydrogen (secondary N) is 1. The van der Waals surface area contributed by atoms with Crippen LogP contribution < -0.4 is 5.32 Å². The first-order valence-corrected chi connectivity index (χ1v) is 9.73. The van der Waals surface area contributed by atoms with Gasteiger partial charge in [0, 0.05) is 31.7 Å². The van der Waals surface area contributed by atoms with Crippen molar-refractivity contribution >= 4 is 6.09 Å². The van der Waals surface area contributed by atoms with Gasteiger partial charge in [0.15, 0.2) is 0 Å². The van der Waals surface area contributed by atoms with Gasteiger partial charge in [-0.05, 0) is 66.0 Å². The SMILES string of the molecule is CCN(C)CCNC1CCCC1C1CCCN1C(=O)OC(C)(C)C. The van der Waals surface area contributed by atoms with Crippen LogP contribution in [0.5, 0.6) is 0 Å². The molecular formula is C19H37N3O2. The molecule has 0 aromatic rings. The summed E-state index contributed by atoms with van der Waals surface area (Å²) in [4.78, 5) is 16.9. The summed E-state index contributed by atoms with van der Waals surface area (Å²) in [5.41, 5.74) is -0.414. The van der Waals surface area contributed by atoms with E-state index in [1.165, 1.54) is 19.3 Å². The Bertz CT molecular complexity index is 408. The molecule has 2 aliphatic rings. The Balaban J connectivity index is 1.91. The molecule has 24 heavy (non-hydrogen) atoms. The first kappa shape index (κ1) is 19.5. The molecule has 1 aliphatic carbocycles. The fourth-order valence-electron chi connectivity index (χ4n) is 4.09. The lowest BCUT2D eigenvalue weighted by Crippen LogP contribution is -2.48. The van der Waals surface area contributed by atoms with Crippen LogP contribution in [0.4, 0.5) is 4.79 Å². The zero-order valence-electron chi connectivity index (χ0n) is 16.3. The summed E-state index contributed by atoms with van der Waals surface area (Å²) in [5.74, 6) is 0.576. The standard InChI is InChI=1S/C19H37N3O2/c1-6-21(5)14-12-20-16-10-7-9-15(16)17-11-8-13-22(17)18(23)24-19(2,3)4/h15-17,20H,6-14H2,1-5H3. The minimum atomic E-state index is -0.414. The van der Waals surface area contributed by atoms with E-state index in [2.05, 4.69) is 24.2 Å². The fourth-order valence-corrected chi connectivity index (χ4v) is 4.09. The number of ether oxygens (including phenoxy) is 1. The van der Waals surface area contributed by atoms with Crippen molar-refractivity contribution in [2.45, 2.75) is 77.5 Å². The highest BCUT2D eigenvalue weighted by atomic mass is 16.6. The number of likely N-dealkylation sites (tertiary alicyclic amines) is 1. The predicted octanol–water partition coefficient (Wildman–Crippen LogP) is 3.10. The molecule has 1 heterocycles. The van der Waals surface area contributed by atoms with Crippen LogP contribution >= 0.6 is 0 Å². The second kappa shape index (κ2) is 8.52. The van der Waals surface area contributed by atoms with E-state index in [-0.39, 0.29) is 6.09 Å². The Hall–Kier alpha value is -0.810. The largest absolute Gasteiger partial charge is 0.444 e. The van der Waals surface area contributed by atoms with Crippen LogP contribution in [0.25, 0.3) is 0 Å². The molecule has 0 spiro atoms. The average Bonchev–Trinajstić information content (AvgIpc) is 3.13. The molecule has 3 atom stereocenters. The van der Waals surface area contributed by atoms with Crippen molar-refractivity contribution in [1.82, 2.24) is 15.1 Å². The monoisotopic (exact) mass is 339 g/mol. The number of carbonyl (C=O) groups excluding carboxylic acids is 1. The third-order valence-corrected chi connectivity index (χ3v) is 5.43. The van der Waals surface area contributed by atoms with E-state index in [1.54, 1.807) is 0 Å². The lowest BCUT2D eigenvalue weighted by Gasteiger charge is -2.34. The third-order valence-electron chi connectivity index (χ3n) is 5.43. The number of hydrogen-bond donors (Lipinski definition) is 1. The van der Waals surface area contributed by atoms with Crippen LogP contribution in [0.3, 0.4) is 0 Å². The lowest BCUT2D eigenvalue weighted by molar-refractivity contribution is 0.0166. The van der Waals surface area contributed by atoms with E-state index < -0.39 is 5.60 Å². The Morgan fingerprint density at radius 2 is 2.00 bits per heavy atom. The fraction of sp³-hybridized carbons (Fsp3) is 0.947. The van der Waals surface area contributed by atoms with Gasteiger partial charge >= 0.3 is 6.09 Å². The molecule has 1 saturated carbocycles. The van der Waals surface area contributed by atoms with Gasteiger partial charge in [-0.1, -0.05) is 13.3 Å². The molecule has 1 amide bonds. The molecule has 3 unspecified atom stereocenters. The minimum absolute atomic E-state index is 0.124. The average molecular weight is 340 g/mol. The molecule has 5 nitrogen and oxygen atoms in total. The molecule has 1 N–H and O–H groups in total. The molecule has 2 rings (SSSR count). The van der Waals surface area contributed by atoms with E-state index in [1.807, 2.05) is 25.7 Å². The van der Waals surface area contributed by atoms with E-state index in [0.717, 1.165) is 39.0 Å². The lowest BCUT2D eigenvalue weighted by atomic mass is 9.92. The molecule has 2 fully saturated rings. The number of likely N-dealkylation sites (N-methyl/N-ethyl adjacent to an activating group) is 1. The van der Waals surface area contributed by atoms with Gasteiger partial charge in [0.05, 0.1) is 0 Å². The van der Waals surface area contributed by atoms with Crippen LogP contribution in [0.15, 0.2) is 0 Å². The van der Waals surface area contributed by atoms with Gasteiger partial charge < -0.3 is 19.9 Å². The molecule has 0 aromatic carbocycles. The Kier molecular flexibility index (Phi) is 6.93. The van der Waals surface area contributed by atoms with Crippen molar-refractivity contribution < 1.29 is 9.53 Å². The topological polar surface area (TPSA) is 44.8 Å². The van der Waals surface area contributed by atoms with Gasteiger partial charge in [0.25, 0.3) is 0 Å². The van der Waals surface area contributed by atoms with E-state index in [9.17, 15) is 4.79 Å². The highest BCUT2D eigenvalue weighted by Gasteiger charge is 2.41. The van der Waals surface area contributed by atoms with Crippen LogP contribution in [-0.2, 0) is 4.74 Å². The minimum Gasteiger partial charge on any atom is -0.444 e. The van der Waals surface area contributed by atoms with Gasteiger partial charge in [-0.3, -0.25) is 0 Å². The first-order chi connectivity index (χ1) is 11.3. The summed E-state index contributed by atoms with van der Waals surface area (Å²) >= 11 is 0. The molecule has 5 heteroatoms. The molecule has 1 saturated heterocycles. The van der Waals surface area contributed by atoms with Crippen LogP contribution in [0.2, 0.25) is 0 Å². The second-order valence-corrected chi connectivity index (χ2v) is 8.43. The van der Waals surface area contributed by atoms with Crippen molar-refractivity contribution in [2.24, 2.45) is 5.92 Å². The number of rotatable bonds is 6.